The molecule has 0 fully saturated rings. The second kappa shape index (κ2) is 8.27. The van der Waals surface area contributed by atoms with Gasteiger partial charge in [-0.25, -0.2) is 0 Å². The normalized spacial score (nSPS) is 13.5. The maximum absolute atomic E-state index is 11.9. The van der Waals surface area contributed by atoms with Gasteiger partial charge in [-0.1, -0.05) is 24.3 Å². The molecule has 0 aliphatic rings. The maximum atomic E-state index is 11.9. The van der Waals surface area contributed by atoms with Crippen LogP contribution in [0, 0.1) is 0 Å². The van der Waals surface area contributed by atoms with Gasteiger partial charge in [-0.15, -0.1) is 0 Å². The predicted molar refractivity (Wildman–Crippen MR) is 89.4 cm³/mol. The first kappa shape index (κ1) is 17.7. The molecule has 2 aromatic rings. The van der Waals surface area contributed by atoms with Crippen molar-refractivity contribution >= 4 is 12.9 Å². The lowest BCUT2D eigenvalue weighted by Crippen LogP contribution is -2.07. The standard InChI is InChI=1S/C17H21O5P/c1-2-22-23(19,20)17-9-5-15(6-10-17)13-14-3-7-16(8-4-14)21-12-11-18/h3-10,18H,2,11-13H2,1H3,(H,19,20). The summed E-state index contributed by atoms with van der Waals surface area (Å²) in [6.45, 7) is 2.15. The van der Waals surface area contributed by atoms with Crippen LogP contribution in [-0.2, 0) is 15.5 Å². The van der Waals surface area contributed by atoms with Crippen molar-refractivity contribution in [2.45, 2.75) is 13.3 Å². The molecule has 0 aromatic heterocycles. The molecule has 2 rings (SSSR count). The highest BCUT2D eigenvalue weighted by Gasteiger charge is 2.21. The van der Waals surface area contributed by atoms with Crippen molar-refractivity contribution in [2.75, 3.05) is 19.8 Å². The fourth-order valence-corrected chi connectivity index (χ4v) is 3.18. The Morgan fingerprint density at radius 3 is 2.09 bits per heavy atom. The summed E-state index contributed by atoms with van der Waals surface area (Å²) in [5, 5.41) is 9.02. The van der Waals surface area contributed by atoms with Crippen molar-refractivity contribution in [3.63, 3.8) is 0 Å². The van der Waals surface area contributed by atoms with Gasteiger partial charge < -0.3 is 19.3 Å². The first-order valence-corrected chi connectivity index (χ1v) is 9.02. The highest BCUT2D eigenvalue weighted by molar-refractivity contribution is 7.61. The zero-order chi connectivity index (χ0) is 16.7. The van der Waals surface area contributed by atoms with Crippen LogP contribution in [0.4, 0.5) is 0 Å². The molecule has 0 aliphatic carbocycles. The smallest absolute Gasteiger partial charge is 0.358 e. The van der Waals surface area contributed by atoms with Crippen molar-refractivity contribution in [2.24, 2.45) is 0 Å². The Morgan fingerprint density at radius 2 is 1.57 bits per heavy atom. The van der Waals surface area contributed by atoms with E-state index in [4.69, 9.17) is 14.4 Å². The van der Waals surface area contributed by atoms with E-state index >= 15 is 0 Å². The SMILES string of the molecule is CCOP(=O)(O)c1ccc(Cc2ccc(OCCO)cc2)cc1. The molecule has 1 atom stereocenters. The molecule has 0 bridgehead atoms. The lowest BCUT2D eigenvalue weighted by Gasteiger charge is -2.11. The number of aliphatic hydroxyl groups is 1. The summed E-state index contributed by atoms with van der Waals surface area (Å²) in [6, 6.07) is 14.5. The van der Waals surface area contributed by atoms with E-state index in [2.05, 4.69) is 0 Å². The van der Waals surface area contributed by atoms with Crippen molar-refractivity contribution in [1.29, 1.82) is 0 Å². The Labute approximate surface area is 136 Å². The van der Waals surface area contributed by atoms with Gasteiger partial charge in [0.25, 0.3) is 0 Å². The van der Waals surface area contributed by atoms with E-state index < -0.39 is 7.60 Å². The van der Waals surface area contributed by atoms with Crippen molar-refractivity contribution < 1.29 is 23.8 Å². The number of hydrogen-bond acceptors (Lipinski definition) is 4. The van der Waals surface area contributed by atoms with E-state index in [0.29, 0.717) is 11.7 Å². The Balaban J connectivity index is 2.02. The van der Waals surface area contributed by atoms with E-state index in [9.17, 15) is 9.46 Å². The highest BCUT2D eigenvalue weighted by atomic mass is 31.2. The average molecular weight is 336 g/mol. The molecule has 0 saturated heterocycles. The second-order valence-electron chi connectivity index (χ2n) is 5.00. The molecule has 2 N–H and O–H groups in total. The van der Waals surface area contributed by atoms with Crippen LogP contribution in [0.3, 0.4) is 0 Å². The van der Waals surface area contributed by atoms with Gasteiger partial charge in [0.2, 0.25) is 0 Å². The van der Waals surface area contributed by atoms with Gasteiger partial charge in [0.05, 0.1) is 18.5 Å². The molecule has 0 heterocycles. The number of aliphatic hydroxyl groups excluding tert-OH is 1. The number of benzene rings is 2. The van der Waals surface area contributed by atoms with Crippen LogP contribution in [0.5, 0.6) is 5.75 Å². The second-order valence-corrected chi connectivity index (χ2v) is 6.81. The Morgan fingerprint density at radius 1 is 1.00 bits per heavy atom. The summed E-state index contributed by atoms with van der Waals surface area (Å²) < 4.78 is 22.1. The summed E-state index contributed by atoms with van der Waals surface area (Å²) >= 11 is 0. The molecule has 0 amide bonds. The first-order chi connectivity index (χ1) is 11.0. The molecule has 6 heteroatoms. The van der Waals surface area contributed by atoms with Gasteiger partial charge in [-0.05, 0) is 48.7 Å². The zero-order valence-electron chi connectivity index (χ0n) is 13.0. The van der Waals surface area contributed by atoms with Crippen LogP contribution in [-0.4, -0.2) is 29.8 Å². The van der Waals surface area contributed by atoms with E-state index in [-0.39, 0.29) is 19.8 Å². The molecular weight excluding hydrogens is 315 g/mol. The summed E-state index contributed by atoms with van der Waals surface area (Å²) in [4.78, 5) is 9.77. The fraction of sp³-hybridized carbons (Fsp3) is 0.294. The maximum Gasteiger partial charge on any atom is 0.358 e. The summed E-state index contributed by atoms with van der Waals surface area (Å²) in [6.07, 6.45) is 0.713. The first-order valence-electron chi connectivity index (χ1n) is 7.44. The largest absolute Gasteiger partial charge is 0.491 e. The molecule has 124 valence electrons. The van der Waals surface area contributed by atoms with E-state index in [0.717, 1.165) is 16.9 Å². The number of ether oxygens (including phenoxy) is 1. The summed E-state index contributed by atoms with van der Waals surface area (Å²) in [5.74, 6) is 0.719. The van der Waals surface area contributed by atoms with Gasteiger partial charge in [-0.2, -0.15) is 0 Å². The molecule has 2 aromatic carbocycles. The Kier molecular flexibility index (Phi) is 6.37. The third kappa shape index (κ3) is 5.19. The van der Waals surface area contributed by atoms with Crippen LogP contribution < -0.4 is 10.0 Å². The molecule has 0 radical (unpaired) electrons. The molecule has 0 saturated carbocycles. The number of hydrogen-bond donors (Lipinski definition) is 2. The third-order valence-corrected chi connectivity index (χ3v) is 4.82. The molecule has 5 nitrogen and oxygen atoms in total. The van der Waals surface area contributed by atoms with E-state index in [1.54, 1.807) is 19.1 Å². The third-order valence-electron chi connectivity index (χ3n) is 3.26. The monoisotopic (exact) mass is 336 g/mol. The predicted octanol–water partition coefficient (Wildman–Crippen LogP) is 2.50. The fourth-order valence-electron chi connectivity index (χ4n) is 2.15. The minimum atomic E-state index is -3.70. The van der Waals surface area contributed by atoms with Crippen LogP contribution in [0.1, 0.15) is 18.1 Å². The quantitative estimate of drug-likeness (QED) is 0.725. The van der Waals surface area contributed by atoms with Gasteiger partial charge in [0, 0.05) is 0 Å². The molecule has 0 spiro atoms. The van der Waals surface area contributed by atoms with Crippen molar-refractivity contribution in [3.05, 3.63) is 59.7 Å². The van der Waals surface area contributed by atoms with Crippen LogP contribution in [0.2, 0.25) is 0 Å². The van der Waals surface area contributed by atoms with Gasteiger partial charge in [-0.3, -0.25) is 4.57 Å². The van der Waals surface area contributed by atoms with Crippen molar-refractivity contribution in [3.8, 4) is 5.75 Å². The molecule has 0 aliphatic heterocycles. The minimum absolute atomic E-state index is 0.00937. The average Bonchev–Trinajstić information content (AvgIpc) is 2.55. The summed E-state index contributed by atoms with van der Waals surface area (Å²) in [5.41, 5.74) is 2.14. The van der Waals surface area contributed by atoms with Gasteiger partial charge >= 0.3 is 7.60 Å². The lowest BCUT2D eigenvalue weighted by atomic mass is 10.1. The van der Waals surface area contributed by atoms with Gasteiger partial charge in [0.15, 0.2) is 0 Å². The Hall–Kier alpha value is -1.65. The summed E-state index contributed by atoms with van der Waals surface area (Å²) in [7, 11) is -3.70. The highest BCUT2D eigenvalue weighted by Crippen LogP contribution is 2.40. The molecule has 23 heavy (non-hydrogen) atoms. The van der Waals surface area contributed by atoms with Crippen molar-refractivity contribution in [1.82, 2.24) is 0 Å². The minimum Gasteiger partial charge on any atom is -0.491 e. The van der Waals surface area contributed by atoms with E-state index in [1.165, 1.54) is 0 Å². The molecular formula is C17H21O5P. The van der Waals surface area contributed by atoms with Crippen LogP contribution in [0.25, 0.3) is 0 Å². The molecule has 1 unspecified atom stereocenters. The zero-order valence-corrected chi connectivity index (χ0v) is 13.9. The Bertz CT molecular complexity index is 652. The van der Waals surface area contributed by atoms with Crippen LogP contribution >= 0.6 is 7.60 Å². The lowest BCUT2D eigenvalue weighted by molar-refractivity contribution is 0.201. The van der Waals surface area contributed by atoms with Gasteiger partial charge in [0.1, 0.15) is 12.4 Å². The number of rotatable bonds is 8. The van der Waals surface area contributed by atoms with E-state index in [1.807, 2.05) is 36.4 Å². The van der Waals surface area contributed by atoms with Crippen LogP contribution in [0.15, 0.2) is 48.5 Å². The topological polar surface area (TPSA) is 76.0 Å².